The van der Waals surface area contributed by atoms with Crippen LogP contribution in [-0.4, -0.2) is 68.8 Å². The van der Waals surface area contributed by atoms with Crippen molar-refractivity contribution in [3.8, 4) is 11.1 Å². The molecular formula is C22H24FN5O3. The number of halogens is 1. The summed E-state index contributed by atoms with van der Waals surface area (Å²) in [4.78, 5) is 34.4. The molecule has 0 saturated carbocycles. The van der Waals surface area contributed by atoms with Gasteiger partial charge in [0.05, 0.1) is 19.2 Å². The van der Waals surface area contributed by atoms with Gasteiger partial charge in [-0.3, -0.25) is 19.2 Å². The Morgan fingerprint density at radius 2 is 1.94 bits per heavy atom. The van der Waals surface area contributed by atoms with Gasteiger partial charge in [-0.25, -0.2) is 14.4 Å². The molecule has 0 radical (unpaired) electrons. The first-order valence-electron chi connectivity index (χ1n) is 10.1. The monoisotopic (exact) mass is 425 g/mol. The number of ether oxygens (including phenoxy) is 1. The van der Waals surface area contributed by atoms with Crippen molar-refractivity contribution in [1.82, 2.24) is 24.6 Å². The number of benzene rings is 1. The summed E-state index contributed by atoms with van der Waals surface area (Å²) in [6.07, 6.45) is 2.56. The summed E-state index contributed by atoms with van der Waals surface area (Å²) in [6, 6.07) is 5.16. The van der Waals surface area contributed by atoms with Crippen LogP contribution < -0.4 is 0 Å². The van der Waals surface area contributed by atoms with Crippen LogP contribution in [0.15, 0.2) is 30.6 Å². The van der Waals surface area contributed by atoms with E-state index in [-0.39, 0.29) is 18.7 Å². The Balaban J connectivity index is 1.63. The van der Waals surface area contributed by atoms with Crippen molar-refractivity contribution in [2.75, 3.05) is 20.2 Å². The number of alkyl halides is 1. The third-order valence-electron chi connectivity index (χ3n) is 5.62. The van der Waals surface area contributed by atoms with Crippen LogP contribution in [0.5, 0.6) is 0 Å². The summed E-state index contributed by atoms with van der Waals surface area (Å²) < 4.78 is 20.5. The van der Waals surface area contributed by atoms with Crippen molar-refractivity contribution in [1.29, 1.82) is 0 Å². The van der Waals surface area contributed by atoms with Gasteiger partial charge in [0.1, 0.15) is 23.7 Å². The van der Waals surface area contributed by atoms with Gasteiger partial charge in [-0.1, -0.05) is 6.07 Å². The molecule has 2 aromatic heterocycles. The molecule has 0 spiro atoms. The topological polar surface area (TPSA) is 90.2 Å². The van der Waals surface area contributed by atoms with E-state index in [0.717, 1.165) is 22.0 Å². The van der Waals surface area contributed by atoms with E-state index < -0.39 is 18.2 Å². The van der Waals surface area contributed by atoms with Gasteiger partial charge in [0, 0.05) is 49.8 Å². The van der Waals surface area contributed by atoms with Crippen molar-refractivity contribution < 1.29 is 18.7 Å². The lowest BCUT2D eigenvalue weighted by molar-refractivity contribution is -0.145. The van der Waals surface area contributed by atoms with Crippen molar-refractivity contribution in [2.24, 2.45) is 0 Å². The zero-order valence-corrected chi connectivity index (χ0v) is 17.7. The molecule has 1 aliphatic rings. The normalized spacial score (nSPS) is 19.1. The maximum Gasteiger partial charge on any atom is 0.323 e. The van der Waals surface area contributed by atoms with E-state index in [9.17, 15) is 14.0 Å². The molecule has 3 heterocycles. The Bertz CT molecular complexity index is 1130. The smallest absolute Gasteiger partial charge is 0.323 e. The number of aromatic nitrogens is 4. The molecule has 3 aromatic rings. The Hall–Kier alpha value is -3.20. The highest BCUT2D eigenvalue weighted by Crippen LogP contribution is 2.27. The SMILES string of the molecule is COC(=O)[C@@H]1C[C@@H](F)CN1CCn1nc(C(C)=O)c2cc(-c3cnc(C)nc3)ccc21. The number of carbonyl (C=O) groups is 2. The first-order chi connectivity index (χ1) is 14.9. The van der Waals surface area contributed by atoms with Gasteiger partial charge < -0.3 is 4.74 Å². The maximum atomic E-state index is 13.9. The summed E-state index contributed by atoms with van der Waals surface area (Å²) in [5.74, 6) is 0.114. The number of hydrogen-bond acceptors (Lipinski definition) is 7. The van der Waals surface area contributed by atoms with E-state index in [1.807, 2.05) is 25.1 Å². The number of rotatable bonds is 6. The summed E-state index contributed by atoms with van der Waals surface area (Å²) in [5.41, 5.74) is 2.91. The second-order valence-corrected chi connectivity index (χ2v) is 7.75. The largest absolute Gasteiger partial charge is 0.468 e. The van der Waals surface area contributed by atoms with Crippen molar-refractivity contribution in [3.05, 3.63) is 42.1 Å². The number of hydrogen-bond donors (Lipinski definition) is 0. The van der Waals surface area contributed by atoms with Gasteiger partial charge in [-0.15, -0.1) is 0 Å². The summed E-state index contributed by atoms with van der Waals surface area (Å²) >= 11 is 0. The van der Waals surface area contributed by atoms with Gasteiger partial charge in [0.15, 0.2) is 5.78 Å². The number of carbonyl (C=O) groups excluding carboxylic acids is 2. The molecule has 31 heavy (non-hydrogen) atoms. The number of nitrogens with zero attached hydrogens (tertiary/aromatic N) is 5. The Morgan fingerprint density at radius 3 is 2.61 bits per heavy atom. The van der Waals surface area contributed by atoms with Gasteiger partial charge in [-0.2, -0.15) is 5.10 Å². The summed E-state index contributed by atoms with van der Waals surface area (Å²) in [6.45, 7) is 4.31. The lowest BCUT2D eigenvalue weighted by atomic mass is 10.0. The van der Waals surface area contributed by atoms with Crippen LogP contribution in [0, 0.1) is 6.92 Å². The molecule has 162 valence electrons. The van der Waals surface area contributed by atoms with E-state index in [0.29, 0.717) is 24.6 Å². The molecular weight excluding hydrogens is 401 g/mol. The van der Waals surface area contributed by atoms with Crippen molar-refractivity contribution >= 4 is 22.7 Å². The van der Waals surface area contributed by atoms with Gasteiger partial charge in [-0.05, 0) is 24.6 Å². The van der Waals surface area contributed by atoms with Crippen LogP contribution in [0.3, 0.4) is 0 Å². The standard InChI is InChI=1S/C22H24FN5O3/c1-13(29)21-18-8-15(16-10-24-14(2)25-11-16)4-5-19(18)28(26-21)7-6-27-12-17(23)9-20(27)22(30)31-3/h4-5,8,10-11,17,20H,6-7,9,12H2,1-3H3/t17-,20+/m1/s1. The first kappa shape index (κ1) is 21.0. The number of esters is 1. The third kappa shape index (κ3) is 4.18. The molecule has 2 atom stereocenters. The minimum atomic E-state index is -1.06. The zero-order valence-electron chi connectivity index (χ0n) is 17.7. The highest BCUT2D eigenvalue weighted by Gasteiger charge is 2.37. The molecule has 1 fully saturated rings. The van der Waals surface area contributed by atoms with Crippen LogP contribution in [0.1, 0.15) is 29.7 Å². The molecule has 1 saturated heterocycles. The number of Topliss-reactive ketones (excluding diaryl/α,β-unsaturated/α-hetero) is 1. The minimum absolute atomic E-state index is 0.132. The third-order valence-corrected chi connectivity index (χ3v) is 5.62. The number of methoxy groups -OCH3 is 1. The van der Waals surface area contributed by atoms with Crippen molar-refractivity contribution in [2.45, 2.75) is 39.0 Å². The van der Waals surface area contributed by atoms with E-state index in [2.05, 4.69) is 15.1 Å². The predicted octanol–water partition coefficient (Wildman–Crippen LogP) is 2.59. The minimum Gasteiger partial charge on any atom is -0.468 e. The molecule has 0 aliphatic carbocycles. The highest BCUT2D eigenvalue weighted by atomic mass is 19.1. The lowest BCUT2D eigenvalue weighted by Gasteiger charge is -2.21. The fourth-order valence-corrected chi connectivity index (χ4v) is 4.03. The number of aryl methyl sites for hydroxylation is 1. The Morgan fingerprint density at radius 1 is 1.19 bits per heavy atom. The fourth-order valence-electron chi connectivity index (χ4n) is 4.03. The molecule has 1 aromatic carbocycles. The van der Waals surface area contributed by atoms with Gasteiger partial charge in [0.25, 0.3) is 0 Å². The molecule has 0 unspecified atom stereocenters. The predicted molar refractivity (Wildman–Crippen MR) is 112 cm³/mol. The molecule has 9 heteroatoms. The van der Waals surface area contributed by atoms with Gasteiger partial charge in [0.2, 0.25) is 0 Å². The second-order valence-electron chi connectivity index (χ2n) is 7.75. The summed E-state index contributed by atoms with van der Waals surface area (Å²) in [7, 11) is 1.31. The quantitative estimate of drug-likeness (QED) is 0.443. The van der Waals surface area contributed by atoms with Crippen LogP contribution in [0.4, 0.5) is 4.39 Å². The molecule has 1 aliphatic heterocycles. The Kier molecular flexibility index (Phi) is 5.77. The van der Waals surface area contributed by atoms with Crippen molar-refractivity contribution in [3.63, 3.8) is 0 Å². The molecule has 0 amide bonds. The lowest BCUT2D eigenvalue weighted by Crippen LogP contribution is -2.38. The van der Waals surface area contributed by atoms with Crippen LogP contribution in [-0.2, 0) is 16.1 Å². The average Bonchev–Trinajstić information content (AvgIpc) is 3.32. The van der Waals surface area contributed by atoms with Crippen LogP contribution in [0.25, 0.3) is 22.0 Å². The van der Waals surface area contributed by atoms with E-state index >= 15 is 0 Å². The fraction of sp³-hybridized carbons (Fsp3) is 0.409. The highest BCUT2D eigenvalue weighted by molar-refractivity contribution is 6.05. The zero-order chi connectivity index (χ0) is 22.1. The molecule has 0 bridgehead atoms. The first-order valence-corrected chi connectivity index (χ1v) is 10.1. The van der Waals surface area contributed by atoms with E-state index in [1.165, 1.54) is 14.0 Å². The molecule has 4 rings (SSSR count). The van der Waals surface area contributed by atoms with Crippen LogP contribution >= 0.6 is 0 Å². The summed E-state index contributed by atoms with van der Waals surface area (Å²) in [5, 5.41) is 5.24. The van der Waals surface area contributed by atoms with E-state index in [1.54, 1.807) is 22.0 Å². The van der Waals surface area contributed by atoms with Gasteiger partial charge >= 0.3 is 5.97 Å². The Labute approximate surface area is 179 Å². The second kappa shape index (κ2) is 8.50. The molecule has 8 nitrogen and oxygen atoms in total. The average molecular weight is 425 g/mol. The number of fused-ring (bicyclic) bond motifs is 1. The maximum absolute atomic E-state index is 13.9. The number of likely N-dealkylation sites (tertiary alicyclic amines) is 1. The van der Waals surface area contributed by atoms with E-state index in [4.69, 9.17) is 4.74 Å². The number of ketones is 1. The van der Waals surface area contributed by atoms with Crippen LogP contribution in [0.2, 0.25) is 0 Å². The molecule has 0 N–H and O–H groups in total.